The predicted molar refractivity (Wildman–Crippen MR) is 143 cm³/mol. The molecule has 2 aromatic carbocycles. The second-order valence-electron chi connectivity index (χ2n) is 9.82. The highest BCUT2D eigenvalue weighted by molar-refractivity contribution is 5.93. The number of H-pyrrole nitrogens is 2. The van der Waals surface area contributed by atoms with E-state index in [2.05, 4.69) is 20.6 Å². The minimum atomic E-state index is -1.15. The van der Waals surface area contributed by atoms with E-state index in [-0.39, 0.29) is 12.3 Å². The van der Waals surface area contributed by atoms with Gasteiger partial charge >= 0.3 is 5.97 Å². The van der Waals surface area contributed by atoms with Gasteiger partial charge < -0.3 is 31.4 Å². The van der Waals surface area contributed by atoms with E-state index in [1.807, 2.05) is 68.6 Å². The van der Waals surface area contributed by atoms with Crippen molar-refractivity contribution in [1.29, 1.82) is 0 Å². The molecule has 0 saturated carbocycles. The fourth-order valence-electron chi connectivity index (χ4n) is 4.60. The summed E-state index contributed by atoms with van der Waals surface area (Å²) in [5.41, 5.74) is 9.76. The van der Waals surface area contributed by atoms with Gasteiger partial charge in [0.05, 0.1) is 6.04 Å². The molecule has 37 heavy (non-hydrogen) atoms. The third-order valence-corrected chi connectivity index (χ3v) is 6.51. The molecule has 0 radical (unpaired) electrons. The van der Waals surface area contributed by atoms with Crippen molar-refractivity contribution in [2.75, 3.05) is 0 Å². The summed E-state index contributed by atoms with van der Waals surface area (Å²) in [6.07, 6.45) is 4.33. The number of aliphatic carboxylic acids is 1. The Balaban J connectivity index is 1.44. The van der Waals surface area contributed by atoms with Gasteiger partial charge in [0.15, 0.2) is 0 Å². The van der Waals surface area contributed by atoms with Crippen molar-refractivity contribution in [3.63, 3.8) is 0 Å². The molecule has 194 valence electrons. The molecule has 0 bridgehead atoms. The first kappa shape index (κ1) is 26.0. The highest BCUT2D eigenvalue weighted by Crippen LogP contribution is 2.20. The summed E-state index contributed by atoms with van der Waals surface area (Å²) in [6.45, 7) is 3.86. The first-order valence-electron chi connectivity index (χ1n) is 12.4. The Morgan fingerprint density at radius 1 is 0.811 bits per heavy atom. The number of carbonyl (C=O) groups excluding carboxylic acids is 2. The number of nitrogens with one attached hydrogen (secondary N) is 4. The summed E-state index contributed by atoms with van der Waals surface area (Å²) in [5, 5.41) is 17.1. The molecule has 3 atom stereocenters. The molecule has 9 heteroatoms. The molecule has 7 N–H and O–H groups in total. The number of aromatic nitrogens is 2. The molecular formula is C28H33N5O4. The largest absolute Gasteiger partial charge is 0.480 e. The van der Waals surface area contributed by atoms with Gasteiger partial charge in [0, 0.05) is 40.6 Å². The Morgan fingerprint density at radius 3 is 1.86 bits per heavy atom. The van der Waals surface area contributed by atoms with Gasteiger partial charge in [-0.25, -0.2) is 4.79 Å². The highest BCUT2D eigenvalue weighted by atomic mass is 16.4. The Hall–Kier alpha value is -4.11. The minimum Gasteiger partial charge on any atom is -0.480 e. The molecule has 0 unspecified atom stereocenters. The molecule has 0 fully saturated rings. The summed E-state index contributed by atoms with van der Waals surface area (Å²) in [4.78, 5) is 44.5. The van der Waals surface area contributed by atoms with Gasteiger partial charge in [-0.15, -0.1) is 0 Å². The van der Waals surface area contributed by atoms with Crippen LogP contribution in [0.15, 0.2) is 60.9 Å². The zero-order chi connectivity index (χ0) is 26.5. The number of hydrogen-bond donors (Lipinski definition) is 6. The Labute approximate surface area is 214 Å². The van der Waals surface area contributed by atoms with Crippen LogP contribution in [0.1, 0.15) is 31.4 Å². The van der Waals surface area contributed by atoms with Crippen LogP contribution in [-0.4, -0.2) is 51.0 Å². The number of carboxylic acid groups (broad SMARTS) is 1. The van der Waals surface area contributed by atoms with Gasteiger partial charge in [-0.1, -0.05) is 50.2 Å². The lowest BCUT2D eigenvalue weighted by atomic mass is 10.00. The van der Waals surface area contributed by atoms with E-state index in [0.29, 0.717) is 12.8 Å². The lowest BCUT2D eigenvalue weighted by molar-refractivity contribution is -0.142. The van der Waals surface area contributed by atoms with Crippen molar-refractivity contribution in [1.82, 2.24) is 20.6 Å². The number of aromatic amines is 2. The van der Waals surface area contributed by atoms with Crippen molar-refractivity contribution in [2.24, 2.45) is 11.7 Å². The molecule has 4 rings (SSSR count). The number of nitrogens with two attached hydrogens (primary N) is 1. The van der Waals surface area contributed by atoms with Crippen molar-refractivity contribution in [2.45, 2.75) is 51.2 Å². The van der Waals surface area contributed by atoms with Gasteiger partial charge in [0.25, 0.3) is 0 Å². The lowest BCUT2D eigenvalue weighted by Gasteiger charge is -2.24. The van der Waals surface area contributed by atoms with E-state index in [4.69, 9.17) is 5.73 Å². The topological polar surface area (TPSA) is 153 Å². The quantitative estimate of drug-likeness (QED) is 0.186. The van der Waals surface area contributed by atoms with E-state index >= 15 is 0 Å². The van der Waals surface area contributed by atoms with E-state index in [0.717, 1.165) is 32.9 Å². The lowest BCUT2D eigenvalue weighted by Crippen LogP contribution is -2.55. The van der Waals surface area contributed by atoms with Crippen LogP contribution in [0.4, 0.5) is 0 Å². The summed E-state index contributed by atoms with van der Waals surface area (Å²) < 4.78 is 0. The maximum atomic E-state index is 13.2. The SMILES string of the molecule is CC(C)C[C@H](NC(=O)[C@H](N)Cc1c[nH]c2ccccc12)C(=O)N[C@H](Cc1c[nH]c2ccccc12)C(=O)O. The van der Waals surface area contributed by atoms with Gasteiger partial charge in [0.2, 0.25) is 11.8 Å². The van der Waals surface area contributed by atoms with E-state index < -0.39 is 35.9 Å². The maximum absolute atomic E-state index is 13.2. The van der Waals surface area contributed by atoms with Crippen LogP contribution < -0.4 is 16.4 Å². The number of amides is 2. The average molecular weight is 504 g/mol. The summed E-state index contributed by atoms with van der Waals surface area (Å²) in [7, 11) is 0. The second kappa shape index (κ2) is 11.3. The first-order chi connectivity index (χ1) is 17.7. The van der Waals surface area contributed by atoms with Crippen LogP contribution in [0.2, 0.25) is 0 Å². The Bertz CT molecular complexity index is 1410. The molecule has 0 aliphatic carbocycles. The zero-order valence-electron chi connectivity index (χ0n) is 21.0. The molecule has 0 spiro atoms. The molecule has 0 aliphatic rings. The summed E-state index contributed by atoms with van der Waals surface area (Å²) in [5.74, 6) is -2.08. The number of rotatable bonds is 11. The molecule has 0 aliphatic heterocycles. The van der Waals surface area contributed by atoms with Gasteiger partial charge in [-0.05, 0) is 42.0 Å². The number of benzene rings is 2. The third-order valence-electron chi connectivity index (χ3n) is 6.51. The van der Waals surface area contributed by atoms with Gasteiger partial charge in [-0.3, -0.25) is 9.59 Å². The minimum absolute atomic E-state index is 0.0813. The Morgan fingerprint density at radius 2 is 1.32 bits per heavy atom. The van der Waals surface area contributed by atoms with Gasteiger partial charge in [0.1, 0.15) is 12.1 Å². The molecule has 2 amide bonds. The van der Waals surface area contributed by atoms with E-state index in [9.17, 15) is 19.5 Å². The number of carbonyl (C=O) groups is 3. The Kier molecular flexibility index (Phi) is 7.93. The molecule has 4 aromatic rings. The first-order valence-corrected chi connectivity index (χ1v) is 12.4. The average Bonchev–Trinajstić information content (AvgIpc) is 3.47. The normalized spacial score (nSPS) is 13.9. The molecule has 9 nitrogen and oxygen atoms in total. The molecule has 2 heterocycles. The monoisotopic (exact) mass is 503 g/mol. The van der Waals surface area contributed by atoms with E-state index in [1.165, 1.54) is 0 Å². The zero-order valence-corrected chi connectivity index (χ0v) is 21.0. The predicted octanol–water partition coefficient (Wildman–Crippen LogP) is 2.86. The fourth-order valence-corrected chi connectivity index (χ4v) is 4.60. The molecule has 2 aromatic heterocycles. The number of para-hydroxylation sites is 2. The van der Waals surface area contributed by atoms with Crippen LogP contribution in [0.5, 0.6) is 0 Å². The fraction of sp³-hybridized carbons (Fsp3) is 0.321. The van der Waals surface area contributed by atoms with Crippen LogP contribution in [0, 0.1) is 5.92 Å². The van der Waals surface area contributed by atoms with Crippen molar-refractivity contribution >= 4 is 39.6 Å². The number of carboxylic acids is 1. The number of fused-ring (bicyclic) bond motifs is 2. The standard InChI is InChI=1S/C28H33N5O4/c1-16(2)11-24(32-26(34)21(29)12-17-14-30-22-9-5-3-7-19(17)22)27(35)33-25(28(36)37)13-18-15-31-23-10-6-4-8-20(18)23/h3-10,14-16,21,24-25,30-31H,11-13,29H2,1-2H3,(H,32,34)(H,33,35)(H,36,37)/t21-,24+,25-/m1/s1. The van der Waals surface area contributed by atoms with Crippen molar-refractivity contribution in [3.05, 3.63) is 72.1 Å². The maximum Gasteiger partial charge on any atom is 0.326 e. The highest BCUT2D eigenvalue weighted by Gasteiger charge is 2.29. The summed E-state index contributed by atoms with van der Waals surface area (Å²) in [6, 6.07) is 12.4. The van der Waals surface area contributed by atoms with Crippen LogP contribution in [0.3, 0.4) is 0 Å². The van der Waals surface area contributed by atoms with Crippen LogP contribution >= 0.6 is 0 Å². The molecule has 0 saturated heterocycles. The van der Waals surface area contributed by atoms with Crippen LogP contribution in [0.25, 0.3) is 21.8 Å². The van der Waals surface area contributed by atoms with Gasteiger partial charge in [-0.2, -0.15) is 0 Å². The second-order valence-corrected chi connectivity index (χ2v) is 9.82. The molecular weight excluding hydrogens is 470 g/mol. The smallest absolute Gasteiger partial charge is 0.326 e. The van der Waals surface area contributed by atoms with Crippen molar-refractivity contribution in [3.8, 4) is 0 Å². The number of hydrogen-bond acceptors (Lipinski definition) is 4. The summed E-state index contributed by atoms with van der Waals surface area (Å²) >= 11 is 0. The van der Waals surface area contributed by atoms with Crippen molar-refractivity contribution < 1.29 is 19.5 Å². The third kappa shape index (κ3) is 6.18. The van der Waals surface area contributed by atoms with Crippen LogP contribution in [-0.2, 0) is 27.2 Å². The van der Waals surface area contributed by atoms with E-state index in [1.54, 1.807) is 6.20 Å².